The third kappa shape index (κ3) is 3.04. The number of fused-ring (bicyclic) bond motifs is 1. The van der Waals surface area contributed by atoms with Gasteiger partial charge in [-0.2, -0.15) is 0 Å². The molecule has 0 amide bonds. The molecule has 0 radical (unpaired) electrons. The summed E-state index contributed by atoms with van der Waals surface area (Å²) < 4.78 is 10.7. The van der Waals surface area contributed by atoms with Crippen molar-refractivity contribution in [1.29, 1.82) is 0 Å². The number of ether oxygens (including phenoxy) is 2. The molecule has 25 heavy (non-hydrogen) atoms. The number of cyclic esters (lactones) is 1. The molecule has 0 aliphatic carbocycles. The first-order chi connectivity index (χ1) is 12.2. The van der Waals surface area contributed by atoms with Crippen LogP contribution in [0.2, 0.25) is 0 Å². The summed E-state index contributed by atoms with van der Waals surface area (Å²) in [7, 11) is 1.62. The fourth-order valence-corrected chi connectivity index (χ4v) is 2.88. The highest BCUT2D eigenvalue weighted by atomic mass is 16.5. The molecule has 3 nitrogen and oxygen atoms in total. The summed E-state index contributed by atoms with van der Waals surface area (Å²) in [6.45, 7) is 0. The van der Waals surface area contributed by atoms with Gasteiger partial charge in [0.1, 0.15) is 11.5 Å². The number of hydrogen-bond acceptors (Lipinski definition) is 3. The molecule has 0 atom stereocenters. The summed E-state index contributed by atoms with van der Waals surface area (Å²) in [6.07, 6.45) is 3.59. The van der Waals surface area contributed by atoms with E-state index in [1.54, 1.807) is 19.3 Å². The molecular weight excluding hydrogens is 312 g/mol. The second-order valence-electron chi connectivity index (χ2n) is 5.84. The van der Waals surface area contributed by atoms with Gasteiger partial charge in [0, 0.05) is 5.56 Å². The van der Waals surface area contributed by atoms with Crippen molar-refractivity contribution >= 4 is 28.6 Å². The molecule has 0 saturated heterocycles. The molecule has 122 valence electrons. The maximum atomic E-state index is 12.2. The van der Waals surface area contributed by atoms with Gasteiger partial charge in [-0.3, -0.25) is 0 Å². The summed E-state index contributed by atoms with van der Waals surface area (Å²) in [4.78, 5) is 12.2. The number of methoxy groups -OCH3 is 1. The quantitative estimate of drug-likeness (QED) is 0.510. The van der Waals surface area contributed by atoms with Crippen molar-refractivity contribution < 1.29 is 14.3 Å². The van der Waals surface area contributed by atoms with Gasteiger partial charge in [0.25, 0.3) is 0 Å². The predicted molar refractivity (Wildman–Crippen MR) is 99.0 cm³/mol. The first kappa shape index (κ1) is 15.2. The van der Waals surface area contributed by atoms with Crippen LogP contribution in [0.15, 0.2) is 78.4 Å². The summed E-state index contributed by atoms with van der Waals surface area (Å²) in [5.41, 5.74) is 2.31. The highest BCUT2D eigenvalue weighted by Crippen LogP contribution is 2.29. The average Bonchev–Trinajstić information content (AvgIpc) is 3.02. The van der Waals surface area contributed by atoms with Crippen LogP contribution in [0.4, 0.5) is 0 Å². The van der Waals surface area contributed by atoms with Crippen molar-refractivity contribution in [2.45, 2.75) is 0 Å². The predicted octanol–water partition coefficient (Wildman–Crippen LogP) is 4.83. The van der Waals surface area contributed by atoms with E-state index in [1.807, 2.05) is 60.7 Å². The van der Waals surface area contributed by atoms with Crippen LogP contribution in [0.3, 0.4) is 0 Å². The Morgan fingerprint density at radius 2 is 1.76 bits per heavy atom. The molecule has 0 unspecified atom stereocenters. The molecule has 3 heteroatoms. The lowest BCUT2D eigenvalue weighted by molar-refractivity contribution is -0.130. The third-order valence-corrected chi connectivity index (χ3v) is 4.17. The van der Waals surface area contributed by atoms with Crippen molar-refractivity contribution in [2.75, 3.05) is 7.11 Å². The van der Waals surface area contributed by atoms with Crippen LogP contribution in [0.5, 0.6) is 5.75 Å². The van der Waals surface area contributed by atoms with Gasteiger partial charge in [-0.1, -0.05) is 48.5 Å². The molecule has 4 rings (SSSR count). The summed E-state index contributed by atoms with van der Waals surface area (Å²) in [5.74, 6) is 0.982. The van der Waals surface area contributed by atoms with Crippen molar-refractivity contribution in [2.24, 2.45) is 0 Å². The number of esters is 1. The smallest absolute Gasteiger partial charge is 0.343 e. The van der Waals surface area contributed by atoms with Crippen LogP contribution >= 0.6 is 0 Å². The van der Waals surface area contributed by atoms with E-state index in [0.29, 0.717) is 11.3 Å². The molecule has 0 fully saturated rings. The molecule has 1 aliphatic heterocycles. The Bertz CT molecular complexity index is 1030. The number of rotatable bonds is 3. The van der Waals surface area contributed by atoms with Gasteiger partial charge in [-0.15, -0.1) is 0 Å². The molecule has 3 aromatic carbocycles. The minimum Gasteiger partial charge on any atom is -0.497 e. The Labute approximate surface area is 145 Å². The Morgan fingerprint density at radius 1 is 0.920 bits per heavy atom. The average molecular weight is 328 g/mol. The summed E-state index contributed by atoms with van der Waals surface area (Å²) >= 11 is 0. The third-order valence-electron chi connectivity index (χ3n) is 4.17. The first-order valence-electron chi connectivity index (χ1n) is 8.02. The fourth-order valence-electron chi connectivity index (χ4n) is 2.88. The zero-order valence-corrected chi connectivity index (χ0v) is 13.7. The van der Waals surface area contributed by atoms with Crippen molar-refractivity contribution in [3.05, 3.63) is 89.5 Å². The molecule has 3 aromatic rings. The van der Waals surface area contributed by atoms with Crippen LogP contribution in [0.1, 0.15) is 11.1 Å². The van der Waals surface area contributed by atoms with Crippen LogP contribution in [-0.2, 0) is 9.53 Å². The molecule has 1 aliphatic rings. The zero-order chi connectivity index (χ0) is 17.2. The van der Waals surface area contributed by atoms with Crippen molar-refractivity contribution in [1.82, 2.24) is 0 Å². The zero-order valence-electron chi connectivity index (χ0n) is 13.7. The summed E-state index contributed by atoms with van der Waals surface area (Å²) in [6, 6.07) is 21.7. The number of carbonyl (C=O) groups excluding carboxylic acids is 1. The monoisotopic (exact) mass is 328 g/mol. The van der Waals surface area contributed by atoms with E-state index >= 15 is 0 Å². The van der Waals surface area contributed by atoms with Gasteiger partial charge < -0.3 is 9.47 Å². The van der Waals surface area contributed by atoms with Crippen LogP contribution in [0.25, 0.3) is 22.6 Å². The van der Waals surface area contributed by atoms with E-state index in [0.717, 1.165) is 27.6 Å². The second-order valence-corrected chi connectivity index (χ2v) is 5.84. The van der Waals surface area contributed by atoms with Gasteiger partial charge >= 0.3 is 5.97 Å². The van der Waals surface area contributed by atoms with Gasteiger partial charge in [0.2, 0.25) is 0 Å². The van der Waals surface area contributed by atoms with Crippen LogP contribution in [-0.4, -0.2) is 13.1 Å². The molecule has 0 bridgehead atoms. The molecule has 0 saturated carbocycles. The van der Waals surface area contributed by atoms with Gasteiger partial charge in [-0.25, -0.2) is 4.79 Å². The Hall–Kier alpha value is -3.33. The van der Waals surface area contributed by atoms with Gasteiger partial charge in [0.15, 0.2) is 0 Å². The normalized spacial score (nSPS) is 15.3. The Morgan fingerprint density at radius 3 is 2.60 bits per heavy atom. The lowest BCUT2D eigenvalue weighted by Crippen LogP contribution is -1.97. The van der Waals surface area contributed by atoms with E-state index in [9.17, 15) is 4.79 Å². The minimum absolute atomic E-state index is 0.342. The first-order valence-corrected chi connectivity index (χ1v) is 8.02. The number of benzene rings is 3. The molecular formula is C22H16O3. The van der Waals surface area contributed by atoms with Crippen molar-refractivity contribution in [3.63, 3.8) is 0 Å². The highest BCUT2D eigenvalue weighted by Gasteiger charge is 2.22. The topological polar surface area (TPSA) is 35.5 Å². The largest absolute Gasteiger partial charge is 0.497 e. The van der Waals surface area contributed by atoms with E-state index < -0.39 is 0 Å². The van der Waals surface area contributed by atoms with Gasteiger partial charge in [-0.05, 0) is 46.7 Å². The van der Waals surface area contributed by atoms with Gasteiger partial charge in [0.05, 0.1) is 12.7 Å². The maximum absolute atomic E-state index is 12.2. The number of hydrogen-bond donors (Lipinski definition) is 0. The van der Waals surface area contributed by atoms with E-state index in [-0.39, 0.29) is 5.97 Å². The number of carbonyl (C=O) groups is 1. The minimum atomic E-state index is -0.342. The van der Waals surface area contributed by atoms with E-state index in [4.69, 9.17) is 9.47 Å². The molecule has 0 N–H and O–H groups in total. The SMILES string of the molecule is COc1cccc(/C=C2/C=C(c3ccc4ccccc4c3)OC2=O)c1. The maximum Gasteiger partial charge on any atom is 0.343 e. The lowest BCUT2D eigenvalue weighted by Gasteiger charge is -2.04. The molecule has 0 aromatic heterocycles. The fraction of sp³-hybridized carbons (Fsp3) is 0.0455. The lowest BCUT2D eigenvalue weighted by atomic mass is 10.1. The summed E-state index contributed by atoms with van der Waals surface area (Å²) in [5, 5.41) is 2.27. The highest BCUT2D eigenvalue weighted by molar-refractivity contribution is 6.05. The van der Waals surface area contributed by atoms with Crippen molar-refractivity contribution in [3.8, 4) is 5.75 Å². The van der Waals surface area contributed by atoms with Crippen LogP contribution < -0.4 is 4.74 Å². The Kier molecular flexibility index (Phi) is 3.82. The molecule has 0 spiro atoms. The molecule has 1 heterocycles. The standard InChI is InChI=1S/C22H16O3/c1-24-20-8-4-5-15(12-20)11-19-14-21(25-22(19)23)18-10-9-16-6-2-3-7-17(16)13-18/h2-14H,1H3/b19-11-. The van der Waals surface area contributed by atoms with Crippen LogP contribution in [0, 0.1) is 0 Å². The Balaban J connectivity index is 1.70. The van der Waals surface area contributed by atoms with E-state index in [1.165, 1.54) is 0 Å². The van der Waals surface area contributed by atoms with E-state index in [2.05, 4.69) is 6.07 Å². The second kappa shape index (κ2) is 6.29.